The summed E-state index contributed by atoms with van der Waals surface area (Å²) in [5.74, 6) is -0.440. The first-order chi connectivity index (χ1) is 9.90. The van der Waals surface area contributed by atoms with E-state index < -0.39 is 15.8 Å². The number of halogens is 1. The molecule has 21 heavy (non-hydrogen) atoms. The number of hydrogen-bond donors (Lipinski definition) is 1. The molecule has 0 amide bonds. The predicted octanol–water partition coefficient (Wildman–Crippen LogP) is 1.39. The van der Waals surface area contributed by atoms with Crippen LogP contribution in [-0.2, 0) is 21.3 Å². The molecule has 1 saturated heterocycles. The van der Waals surface area contributed by atoms with Crippen LogP contribution in [0.15, 0.2) is 17.0 Å². The SMILES string of the molecule is CCC1CN(S(=O)(=O)c2cc(C)c(F)c(CN)c2)CCO1. The van der Waals surface area contributed by atoms with Crippen LogP contribution in [0.5, 0.6) is 0 Å². The highest BCUT2D eigenvalue weighted by molar-refractivity contribution is 7.89. The molecular formula is C14H21FN2O3S. The van der Waals surface area contributed by atoms with Gasteiger partial charge in [0.2, 0.25) is 10.0 Å². The second-order valence-electron chi connectivity index (χ2n) is 5.18. The van der Waals surface area contributed by atoms with Gasteiger partial charge >= 0.3 is 0 Å². The Morgan fingerprint density at radius 3 is 2.81 bits per heavy atom. The lowest BCUT2D eigenvalue weighted by molar-refractivity contribution is -0.00278. The van der Waals surface area contributed by atoms with E-state index in [0.29, 0.717) is 19.7 Å². The van der Waals surface area contributed by atoms with Gasteiger partial charge in [-0.3, -0.25) is 0 Å². The van der Waals surface area contributed by atoms with Gasteiger partial charge in [-0.15, -0.1) is 0 Å². The van der Waals surface area contributed by atoms with E-state index in [0.717, 1.165) is 6.42 Å². The summed E-state index contributed by atoms with van der Waals surface area (Å²) < 4.78 is 46.1. The normalized spacial score (nSPS) is 20.7. The monoisotopic (exact) mass is 316 g/mol. The Labute approximate surface area is 124 Å². The number of nitrogens with zero attached hydrogens (tertiary/aromatic N) is 1. The minimum Gasteiger partial charge on any atom is -0.375 e. The van der Waals surface area contributed by atoms with Crippen LogP contribution < -0.4 is 5.73 Å². The van der Waals surface area contributed by atoms with Gasteiger partial charge in [-0.05, 0) is 31.0 Å². The van der Waals surface area contributed by atoms with Gasteiger partial charge < -0.3 is 10.5 Å². The molecule has 1 heterocycles. The summed E-state index contributed by atoms with van der Waals surface area (Å²) in [5, 5.41) is 0. The van der Waals surface area contributed by atoms with Gasteiger partial charge in [0.15, 0.2) is 0 Å². The van der Waals surface area contributed by atoms with Gasteiger partial charge in [-0.1, -0.05) is 6.92 Å². The third-order valence-corrected chi connectivity index (χ3v) is 5.56. The highest BCUT2D eigenvalue weighted by Crippen LogP contribution is 2.24. The van der Waals surface area contributed by atoms with E-state index in [1.165, 1.54) is 16.4 Å². The Hall–Kier alpha value is -1.02. The van der Waals surface area contributed by atoms with Crippen molar-refractivity contribution in [3.63, 3.8) is 0 Å². The summed E-state index contributed by atoms with van der Waals surface area (Å²) in [6, 6.07) is 2.69. The summed E-state index contributed by atoms with van der Waals surface area (Å²) in [4.78, 5) is 0.0959. The van der Waals surface area contributed by atoms with Gasteiger partial charge in [-0.2, -0.15) is 4.31 Å². The van der Waals surface area contributed by atoms with E-state index >= 15 is 0 Å². The number of nitrogens with two attached hydrogens (primary N) is 1. The van der Waals surface area contributed by atoms with Gasteiger partial charge in [0.1, 0.15) is 5.82 Å². The van der Waals surface area contributed by atoms with Crippen molar-refractivity contribution in [1.82, 2.24) is 4.31 Å². The molecule has 0 radical (unpaired) electrons. The van der Waals surface area contributed by atoms with E-state index in [1.54, 1.807) is 6.92 Å². The standard InChI is InChI=1S/C14H21FN2O3S/c1-3-12-9-17(4-5-20-12)21(18,19)13-6-10(2)14(15)11(7-13)8-16/h6-7,12H,3-5,8-9,16H2,1-2H3. The molecule has 0 saturated carbocycles. The second-order valence-corrected chi connectivity index (χ2v) is 7.12. The van der Waals surface area contributed by atoms with Gasteiger partial charge in [-0.25, -0.2) is 12.8 Å². The molecule has 2 rings (SSSR count). The maximum absolute atomic E-state index is 13.8. The first-order valence-corrected chi connectivity index (χ1v) is 8.45. The van der Waals surface area contributed by atoms with E-state index in [1.807, 2.05) is 6.92 Å². The molecule has 0 aromatic heterocycles. The summed E-state index contributed by atoms with van der Waals surface area (Å²) in [5.41, 5.74) is 5.99. The summed E-state index contributed by atoms with van der Waals surface area (Å²) >= 11 is 0. The quantitative estimate of drug-likeness (QED) is 0.911. The number of ether oxygens (including phenoxy) is 1. The molecular weight excluding hydrogens is 295 g/mol. The van der Waals surface area contributed by atoms with Gasteiger partial charge in [0.05, 0.1) is 17.6 Å². The van der Waals surface area contributed by atoms with Crippen molar-refractivity contribution < 1.29 is 17.5 Å². The Kier molecular flexibility index (Phi) is 4.98. The maximum atomic E-state index is 13.8. The van der Waals surface area contributed by atoms with Crippen molar-refractivity contribution in [3.8, 4) is 0 Å². The van der Waals surface area contributed by atoms with Gasteiger partial charge in [0.25, 0.3) is 0 Å². The largest absolute Gasteiger partial charge is 0.375 e. The first-order valence-electron chi connectivity index (χ1n) is 7.01. The van der Waals surface area contributed by atoms with E-state index in [4.69, 9.17) is 10.5 Å². The minimum absolute atomic E-state index is 0.0310. The molecule has 0 bridgehead atoms. The van der Waals surface area contributed by atoms with Crippen LogP contribution in [0.25, 0.3) is 0 Å². The van der Waals surface area contributed by atoms with Crippen LogP contribution in [0, 0.1) is 12.7 Å². The highest BCUT2D eigenvalue weighted by Gasteiger charge is 2.30. The van der Waals surface area contributed by atoms with Crippen LogP contribution in [0.1, 0.15) is 24.5 Å². The fourth-order valence-corrected chi connectivity index (χ4v) is 4.00. The number of sulfonamides is 1. The van der Waals surface area contributed by atoms with Crippen LogP contribution >= 0.6 is 0 Å². The van der Waals surface area contributed by atoms with Crippen molar-refractivity contribution in [3.05, 3.63) is 29.1 Å². The third-order valence-electron chi connectivity index (χ3n) is 3.72. The summed E-state index contributed by atoms with van der Waals surface area (Å²) in [6.45, 7) is 4.48. The van der Waals surface area contributed by atoms with Gasteiger partial charge in [0, 0.05) is 25.2 Å². The molecule has 1 fully saturated rings. The Bertz CT molecular complexity index is 619. The van der Waals surface area contributed by atoms with Crippen molar-refractivity contribution in [2.45, 2.75) is 37.8 Å². The van der Waals surface area contributed by atoms with Crippen LogP contribution in [0.2, 0.25) is 0 Å². The molecule has 0 spiro atoms. The Morgan fingerprint density at radius 2 is 2.19 bits per heavy atom. The van der Waals surface area contributed by atoms with Crippen LogP contribution in [0.4, 0.5) is 4.39 Å². The fraction of sp³-hybridized carbons (Fsp3) is 0.571. The van der Waals surface area contributed by atoms with E-state index in [-0.39, 0.29) is 28.7 Å². The number of hydrogen-bond acceptors (Lipinski definition) is 4. The smallest absolute Gasteiger partial charge is 0.243 e. The Morgan fingerprint density at radius 1 is 1.48 bits per heavy atom. The number of benzene rings is 1. The molecule has 2 N–H and O–H groups in total. The molecule has 1 unspecified atom stereocenters. The molecule has 7 heteroatoms. The molecule has 5 nitrogen and oxygen atoms in total. The zero-order chi connectivity index (χ0) is 15.6. The predicted molar refractivity (Wildman–Crippen MR) is 77.8 cm³/mol. The number of aryl methyl sites for hydroxylation is 1. The van der Waals surface area contributed by atoms with Crippen molar-refractivity contribution in [2.75, 3.05) is 19.7 Å². The lowest BCUT2D eigenvalue weighted by atomic mass is 10.1. The first kappa shape index (κ1) is 16.4. The van der Waals surface area contributed by atoms with Crippen LogP contribution in [-0.4, -0.2) is 38.5 Å². The number of morpholine rings is 1. The minimum atomic E-state index is -3.65. The molecule has 118 valence electrons. The average molecular weight is 316 g/mol. The Balaban J connectivity index is 2.37. The molecule has 0 aliphatic carbocycles. The molecule has 1 aromatic rings. The summed E-state index contributed by atoms with van der Waals surface area (Å²) in [6.07, 6.45) is 0.659. The lowest BCUT2D eigenvalue weighted by Gasteiger charge is -2.31. The fourth-order valence-electron chi connectivity index (χ4n) is 2.41. The third kappa shape index (κ3) is 3.26. The molecule has 1 aromatic carbocycles. The molecule has 1 aliphatic rings. The van der Waals surface area contributed by atoms with Crippen molar-refractivity contribution >= 4 is 10.0 Å². The number of rotatable bonds is 4. The summed E-state index contributed by atoms with van der Waals surface area (Å²) in [7, 11) is -3.65. The molecule has 1 atom stereocenters. The van der Waals surface area contributed by atoms with Crippen molar-refractivity contribution in [2.24, 2.45) is 5.73 Å². The van der Waals surface area contributed by atoms with E-state index in [2.05, 4.69) is 0 Å². The van der Waals surface area contributed by atoms with Crippen LogP contribution in [0.3, 0.4) is 0 Å². The lowest BCUT2D eigenvalue weighted by Crippen LogP contribution is -2.45. The van der Waals surface area contributed by atoms with E-state index in [9.17, 15) is 12.8 Å². The topological polar surface area (TPSA) is 72.6 Å². The molecule has 1 aliphatic heterocycles. The second kappa shape index (κ2) is 6.39. The zero-order valence-corrected chi connectivity index (χ0v) is 13.1. The maximum Gasteiger partial charge on any atom is 0.243 e. The zero-order valence-electron chi connectivity index (χ0n) is 12.3. The average Bonchev–Trinajstić information content (AvgIpc) is 2.49. The highest BCUT2D eigenvalue weighted by atomic mass is 32.2. The van der Waals surface area contributed by atoms with Crippen molar-refractivity contribution in [1.29, 1.82) is 0 Å².